The van der Waals surface area contributed by atoms with Crippen LogP contribution in [0, 0.1) is 0 Å². The Morgan fingerprint density at radius 2 is 1.82 bits per heavy atom. The highest BCUT2D eigenvalue weighted by Crippen LogP contribution is 1.93. The second-order valence-corrected chi connectivity index (χ2v) is 3.99. The quantitative estimate of drug-likeness (QED) is 0.441. The second kappa shape index (κ2) is 8.51. The van der Waals surface area contributed by atoms with Crippen LogP contribution in [0.1, 0.15) is 19.3 Å². The molecule has 0 aromatic rings. The fourth-order valence-corrected chi connectivity index (χ4v) is 1.05. The Labute approximate surface area is 100 Å². The van der Waals surface area contributed by atoms with Gasteiger partial charge in [0.2, 0.25) is 5.91 Å². The van der Waals surface area contributed by atoms with Gasteiger partial charge in [-0.2, -0.15) is 0 Å². The molecule has 0 aliphatic carbocycles. The van der Waals surface area contributed by atoms with Gasteiger partial charge in [-0.15, -0.1) is 0 Å². The maximum atomic E-state index is 11.2. The van der Waals surface area contributed by atoms with E-state index in [1.54, 1.807) is 0 Å². The third-order valence-electron chi connectivity index (χ3n) is 1.95. The lowest BCUT2D eigenvalue weighted by atomic mass is 10.2. The van der Waals surface area contributed by atoms with Crippen molar-refractivity contribution in [1.29, 1.82) is 0 Å². The summed E-state index contributed by atoms with van der Waals surface area (Å²) in [5, 5.41) is 14.7. The highest BCUT2D eigenvalue weighted by molar-refractivity contribution is 5.94. The predicted molar refractivity (Wildman–Crippen MR) is 58.1 cm³/mol. The molecular weight excluding hydrogens is 226 g/mol. The zero-order valence-electron chi connectivity index (χ0n) is 10.2. The fourth-order valence-electron chi connectivity index (χ4n) is 1.05. The topological polar surface area (TPSA) is 103 Å². The smallest absolute Gasteiger partial charge is 0.321 e. The van der Waals surface area contributed by atoms with Gasteiger partial charge in [-0.05, 0) is 12.8 Å². The number of hydrogen-bond donors (Lipinski definition) is 3. The number of urea groups is 1. The number of carboxylic acids is 1. The molecule has 0 rings (SSSR count). The lowest BCUT2D eigenvalue weighted by molar-refractivity contribution is -0.856. The molecule has 3 N–H and O–H groups in total. The second-order valence-electron chi connectivity index (χ2n) is 3.99. The van der Waals surface area contributed by atoms with Crippen LogP contribution in [0.3, 0.4) is 0 Å². The van der Waals surface area contributed by atoms with Crippen molar-refractivity contribution in [3.63, 3.8) is 0 Å². The van der Waals surface area contributed by atoms with Gasteiger partial charge >= 0.3 is 6.03 Å². The van der Waals surface area contributed by atoms with Gasteiger partial charge in [-0.25, -0.2) is 4.79 Å². The molecule has 0 radical (unpaired) electrons. The normalized spacial score (nSPS) is 10.1. The van der Waals surface area contributed by atoms with Crippen molar-refractivity contribution in [2.24, 2.45) is 0 Å². The summed E-state index contributed by atoms with van der Waals surface area (Å²) in [6, 6.07) is -0.551. The van der Waals surface area contributed by atoms with E-state index in [9.17, 15) is 19.5 Å². The van der Waals surface area contributed by atoms with E-state index in [0.29, 0.717) is 6.54 Å². The number of imide groups is 1. The van der Waals surface area contributed by atoms with Gasteiger partial charge in [-0.3, -0.25) is 10.1 Å². The van der Waals surface area contributed by atoms with E-state index in [-0.39, 0.29) is 19.3 Å². The lowest BCUT2D eigenvalue weighted by Gasteiger charge is -2.09. The summed E-state index contributed by atoms with van der Waals surface area (Å²) in [7, 11) is 3.90. The first kappa shape index (κ1) is 15.4. The summed E-state index contributed by atoms with van der Waals surface area (Å²) in [5.74, 6) is -1.68. The van der Waals surface area contributed by atoms with Crippen molar-refractivity contribution in [3.8, 4) is 0 Å². The maximum Gasteiger partial charge on any atom is 0.321 e. The molecule has 3 amide bonds. The van der Waals surface area contributed by atoms with E-state index in [4.69, 9.17) is 0 Å². The minimum Gasteiger partial charge on any atom is -0.550 e. The van der Waals surface area contributed by atoms with Crippen molar-refractivity contribution in [2.75, 3.05) is 27.2 Å². The minimum atomic E-state index is -1.20. The van der Waals surface area contributed by atoms with Crippen LogP contribution < -0.4 is 20.6 Å². The largest absolute Gasteiger partial charge is 0.550 e. The number of amides is 3. The number of carbonyl (C=O) groups excluding carboxylic acids is 3. The summed E-state index contributed by atoms with van der Waals surface area (Å²) in [6.07, 6.45) is -0.0113. The Morgan fingerprint density at radius 3 is 2.35 bits per heavy atom. The number of carboxylic acid groups (broad SMARTS) is 1. The summed E-state index contributed by atoms with van der Waals surface area (Å²) >= 11 is 0. The van der Waals surface area contributed by atoms with Gasteiger partial charge in [-0.1, -0.05) is 0 Å². The van der Waals surface area contributed by atoms with Crippen LogP contribution in [0.5, 0.6) is 0 Å². The first-order valence-electron chi connectivity index (χ1n) is 5.48. The zero-order valence-corrected chi connectivity index (χ0v) is 10.2. The monoisotopic (exact) mass is 245 g/mol. The molecule has 0 aliphatic heterocycles. The molecule has 17 heavy (non-hydrogen) atoms. The molecule has 0 bridgehead atoms. The molecule has 0 saturated carbocycles. The van der Waals surface area contributed by atoms with Gasteiger partial charge in [0.05, 0.1) is 27.2 Å². The SMILES string of the molecule is C[NH+](C)CCNC(=O)NC(=O)CCCC(=O)[O-]. The molecule has 0 atom stereocenters. The minimum absolute atomic E-state index is 0.000328. The summed E-state index contributed by atoms with van der Waals surface area (Å²) in [5.41, 5.74) is 0. The van der Waals surface area contributed by atoms with E-state index in [0.717, 1.165) is 6.54 Å². The summed E-state index contributed by atoms with van der Waals surface area (Å²) in [6.45, 7) is 1.23. The van der Waals surface area contributed by atoms with E-state index >= 15 is 0 Å². The van der Waals surface area contributed by atoms with E-state index in [1.807, 2.05) is 14.1 Å². The number of hydrogen-bond acceptors (Lipinski definition) is 4. The maximum absolute atomic E-state index is 11.2. The van der Waals surface area contributed by atoms with Gasteiger partial charge in [0.25, 0.3) is 0 Å². The van der Waals surface area contributed by atoms with Gasteiger partial charge < -0.3 is 20.1 Å². The molecule has 7 heteroatoms. The van der Waals surface area contributed by atoms with Crippen LogP contribution in [0.2, 0.25) is 0 Å². The standard InChI is InChI=1S/C10H19N3O4/c1-13(2)7-6-11-10(17)12-8(14)4-3-5-9(15)16/h3-7H2,1-2H3,(H,15,16)(H2,11,12,14,17). The predicted octanol–water partition coefficient (Wildman–Crippen LogP) is -3.12. The molecule has 0 aromatic heterocycles. The van der Waals surface area contributed by atoms with Crippen LogP contribution in [-0.4, -0.2) is 45.1 Å². The molecular formula is C10H19N3O4. The first-order chi connectivity index (χ1) is 7.91. The zero-order chi connectivity index (χ0) is 13.3. The summed E-state index contributed by atoms with van der Waals surface area (Å²) in [4.78, 5) is 33.6. The molecule has 0 aliphatic rings. The van der Waals surface area contributed by atoms with Crippen molar-refractivity contribution in [3.05, 3.63) is 0 Å². The third kappa shape index (κ3) is 10.6. The van der Waals surface area contributed by atoms with Crippen molar-refractivity contribution >= 4 is 17.9 Å². The molecule has 7 nitrogen and oxygen atoms in total. The Hall–Kier alpha value is -1.63. The van der Waals surface area contributed by atoms with Crippen molar-refractivity contribution in [1.82, 2.24) is 10.6 Å². The van der Waals surface area contributed by atoms with E-state index < -0.39 is 17.9 Å². The molecule has 0 saturated heterocycles. The van der Waals surface area contributed by atoms with Crippen LogP contribution in [-0.2, 0) is 9.59 Å². The molecule has 0 fully saturated rings. The van der Waals surface area contributed by atoms with Crippen LogP contribution >= 0.6 is 0 Å². The number of quaternary nitrogens is 1. The molecule has 0 spiro atoms. The van der Waals surface area contributed by atoms with Gasteiger partial charge in [0.15, 0.2) is 0 Å². The molecule has 0 aromatic carbocycles. The van der Waals surface area contributed by atoms with Crippen LogP contribution in [0.4, 0.5) is 4.79 Å². The van der Waals surface area contributed by atoms with Crippen LogP contribution in [0.25, 0.3) is 0 Å². The highest BCUT2D eigenvalue weighted by atomic mass is 16.4. The number of rotatable bonds is 7. The Morgan fingerprint density at radius 1 is 1.18 bits per heavy atom. The Bertz CT molecular complexity index is 279. The highest BCUT2D eigenvalue weighted by Gasteiger charge is 2.07. The van der Waals surface area contributed by atoms with Crippen LogP contribution in [0.15, 0.2) is 0 Å². The summed E-state index contributed by atoms with van der Waals surface area (Å²) < 4.78 is 0. The average Bonchev–Trinajstić information content (AvgIpc) is 2.15. The fraction of sp³-hybridized carbons (Fsp3) is 0.700. The van der Waals surface area contributed by atoms with E-state index in [1.165, 1.54) is 4.90 Å². The third-order valence-corrected chi connectivity index (χ3v) is 1.95. The molecule has 98 valence electrons. The number of carbonyl (C=O) groups is 3. The molecule has 0 heterocycles. The Kier molecular flexibility index (Phi) is 7.70. The van der Waals surface area contributed by atoms with Crippen molar-refractivity contribution < 1.29 is 24.4 Å². The number of nitrogens with one attached hydrogen (secondary N) is 3. The van der Waals surface area contributed by atoms with Crippen molar-refractivity contribution in [2.45, 2.75) is 19.3 Å². The van der Waals surface area contributed by atoms with Gasteiger partial charge in [0, 0.05) is 12.4 Å². The average molecular weight is 245 g/mol. The Balaban J connectivity index is 3.59. The van der Waals surface area contributed by atoms with Gasteiger partial charge in [0.1, 0.15) is 0 Å². The molecule has 0 unspecified atom stereocenters. The van der Waals surface area contributed by atoms with E-state index in [2.05, 4.69) is 10.6 Å². The number of aliphatic carboxylic acids is 1. The number of likely N-dealkylation sites (N-methyl/N-ethyl adjacent to an activating group) is 1. The first-order valence-corrected chi connectivity index (χ1v) is 5.48. The lowest BCUT2D eigenvalue weighted by Crippen LogP contribution is -3.06.